The molecule has 4 heteroatoms. The summed E-state index contributed by atoms with van der Waals surface area (Å²) in [6, 6.07) is 7.38. The van der Waals surface area contributed by atoms with Gasteiger partial charge in [0, 0.05) is 6.42 Å². The Morgan fingerprint density at radius 1 is 1.39 bits per heavy atom. The molecular formula is C19H28ClNO2. The molecule has 1 fully saturated rings. The summed E-state index contributed by atoms with van der Waals surface area (Å²) < 4.78 is 5.77. The molecule has 1 aliphatic heterocycles. The third-order valence-electron chi connectivity index (χ3n) is 4.89. The number of hydrogen-bond acceptors (Lipinski definition) is 3. The van der Waals surface area contributed by atoms with E-state index in [0.717, 1.165) is 19.5 Å². The smallest absolute Gasteiger partial charge is 0.141 e. The average molecular weight is 338 g/mol. The van der Waals surface area contributed by atoms with Crippen LogP contribution >= 0.6 is 11.6 Å². The van der Waals surface area contributed by atoms with E-state index in [1.165, 1.54) is 6.42 Å². The van der Waals surface area contributed by atoms with Crippen LogP contribution in [-0.4, -0.2) is 25.5 Å². The van der Waals surface area contributed by atoms with Crippen LogP contribution in [0.5, 0.6) is 5.75 Å². The zero-order chi connectivity index (χ0) is 16.9. The van der Waals surface area contributed by atoms with E-state index in [2.05, 4.69) is 12.2 Å². The Morgan fingerprint density at radius 2 is 2.13 bits per heavy atom. The molecule has 2 atom stereocenters. The number of ether oxygens (including phenoxy) is 1. The van der Waals surface area contributed by atoms with Crippen molar-refractivity contribution >= 4 is 17.4 Å². The summed E-state index contributed by atoms with van der Waals surface area (Å²) in [6.45, 7) is 8.68. The standard InChI is InChI=1S/C19H28ClNO2/c1-14-12-21-11-10-15(14)8-9-18(22)19(2,3)13-23-17-7-5-4-6-16(17)20/h4-7,14-15,21H,8-13H2,1-3H3/t14-,15-/m0/s1. The maximum atomic E-state index is 12.6. The lowest BCUT2D eigenvalue weighted by Crippen LogP contribution is -2.36. The highest BCUT2D eigenvalue weighted by Gasteiger charge is 2.30. The number of carbonyl (C=O) groups is 1. The van der Waals surface area contributed by atoms with Gasteiger partial charge in [0.05, 0.1) is 10.4 Å². The van der Waals surface area contributed by atoms with Crippen LogP contribution in [0.1, 0.15) is 40.0 Å². The second kappa shape index (κ2) is 8.16. The Balaban J connectivity index is 1.83. The molecule has 0 aromatic heterocycles. The van der Waals surface area contributed by atoms with Gasteiger partial charge in [0.25, 0.3) is 0 Å². The van der Waals surface area contributed by atoms with Crippen LogP contribution in [0.3, 0.4) is 0 Å². The molecule has 1 N–H and O–H groups in total. The van der Waals surface area contributed by atoms with Gasteiger partial charge in [0.2, 0.25) is 0 Å². The number of benzene rings is 1. The fraction of sp³-hybridized carbons (Fsp3) is 0.632. The van der Waals surface area contributed by atoms with Gasteiger partial charge in [-0.1, -0.05) is 30.7 Å². The summed E-state index contributed by atoms with van der Waals surface area (Å²) in [7, 11) is 0. The first-order chi connectivity index (χ1) is 10.9. The SMILES string of the molecule is C[C@H]1CNCC[C@@H]1CCC(=O)C(C)(C)COc1ccccc1Cl. The third-order valence-corrected chi connectivity index (χ3v) is 5.20. The van der Waals surface area contributed by atoms with Crippen LogP contribution < -0.4 is 10.1 Å². The first kappa shape index (κ1) is 18.3. The minimum Gasteiger partial charge on any atom is -0.491 e. The van der Waals surface area contributed by atoms with E-state index >= 15 is 0 Å². The molecule has 1 aliphatic rings. The highest BCUT2D eigenvalue weighted by atomic mass is 35.5. The van der Waals surface area contributed by atoms with Crippen molar-refractivity contribution in [2.24, 2.45) is 17.3 Å². The zero-order valence-electron chi connectivity index (χ0n) is 14.4. The van der Waals surface area contributed by atoms with Crippen LogP contribution in [0.25, 0.3) is 0 Å². The van der Waals surface area contributed by atoms with E-state index in [4.69, 9.17) is 16.3 Å². The van der Waals surface area contributed by atoms with E-state index in [9.17, 15) is 4.79 Å². The molecule has 0 saturated carbocycles. The minimum absolute atomic E-state index is 0.273. The maximum absolute atomic E-state index is 12.6. The lowest BCUT2D eigenvalue weighted by atomic mass is 9.80. The Kier molecular flexibility index (Phi) is 6.49. The molecule has 0 radical (unpaired) electrons. The van der Waals surface area contributed by atoms with E-state index in [1.807, 2.05) is 32.0 Å². The number of Topliss-reactive ketones (excluding diaryl/α,β-unsaturated/α-hetero) is 1. The number of piperidine rings is 1. The summed E-state index contributed by atoms with van der Waals surface area (Å²) in [5.41, 5.74) is -0.491. The molecule has 1 saturated heterocycles. The molecular weight excluding hydrogens is 310 g/mol. The van der Waals surface area contributed by atoms with Crippen LogP contribution in [0.2, 0.25) is 5.02 Å². The molecule has 0 amide bonds. The number of hydrogen-bond donors (Lipinski definition) is 1. The Morgan fingerprint density at radius 3 is 2.83 bits per heavy atom. The fourth-order valence-corrected chi connectivity index (χ4v) is 3.24. The molecule has 0 spiro atoms. The van der Waals surface area contributed by atoms with Crippen molar-refractivity contribution in [3.8, 4) is 5.75 Å². The zero-order valence-corrected chi connectivity index (χ0v) is 15.2. The number of halogens is 1. The van der Waals surface area contributed by atoms with Crippen molar-refractivity contribution < 1.29 is 9.53 Å². The van der Waals surface area contributed by atoms with Crippen molar-refractivity contribution in [1.82, 2.24) is 5.32 Å². The first-order valence-corrected chi connectivity index (χ1v) is 8.89. The van der Waals surface area contributed by atoms with Gasteiger partial charge >= 0.3 is 0 Å². The third kappa shape index (κ3) is 5.22. The summed E-state index contributed by atoms with van der Waals surface area (Å²) in [6.07, 6.45) is 2.79. The van der Waals surface area contributed by atoms with Crippen LogP contribution in [0.4, 0.5) is 0 Å². The number of rotatable bonds is 7. The van der Waals surface area contributed by atoms with Gasteiger partial charge in [0.15, 0.2) is 0 Å². The lowest BCUT2D eigenvalue weighted by molar-refractivity contribution is -0.129. The fourth-order valence-electron chi connectivity index (χ4n) is 3.05. The van der Waals surface area contributed by atoms with Crippen molar-refractivity contribution in [2.45, 2.75) is 40.0 Å². The molecule has 2 rings (SSSR count). The maximum Gasteiger partial charge on any atom is 0.141 e. The van der Waals surface area contributed by atoms with Gasteiger partial charge < -0.3 is 10.1 Å². The van der Waals surface area contributed by atoms with E-state index in [0.29, 0.717) is 35.6 Å². The largest absolute Gasteiger partial charge is 0.491 e. The molecule has 23 heavy (non-hydrogen) atoms. The number of carbonyl (C=O) groups excluding carboxylic acids is 1. The van der Waals surface area contributed by atoms with Gasteiger partial charge in [-0.25, -0.2) is 0 Å². The molecule has 1 heterocycles. The second-order valence-electron chi connectivity index (χ2n) is 7.29. The number of para-hydroxylation sites is 1. The average Bonchev–Trinajstić information content (AvgIpc) is 2.53. The normalized spacial score (nSPS) is 21.9. The van der Waals surface area contributed by atoms with Crippen LogP contribution in [0, 0.1) is 17.3 Å². The highest BCUT2D eigenvalue weighted by molar-refractivity contribution is 6.32. The summed E-state index contributed by atoms with van der Waals surface area (Å²) >= 11 is 6.10. The molecule has 0 unspecified atom stereocenters. The van der Waals surface area contributed by atoms with Crippen molar-refractivity contribution in [3.63, 3.8) is 0 Å². The van der Waals surface area contributed by atoms with E-state index in [-0.39, 0.29) is 5.78 Å². The molecule has 0 aliphatic carbocycles. The van der Waals surface area contributed by atoms with Crippen molar-refractivity contribution in [1.29, 1.82) is 0 Å². The Hall–Kier alpha value is -1.06. The quantitative estimate of drug-likeness (QED) is 0.804. The highest BCUT2D eigenvalue weighted by Crippen LogP contribution is 2.29. The van der Waals surface area contributed by atoms with E-state index < -0.39 is 5.41 Å². The monoisotopic (exact) mass is 337 g/mol. The summed E-state index contributed by atoms with van der Waals surface area (Å²) in [5, 5.41) is 3.99. The first-order valence-electron chi connectivity index (χ1n) is 8.51. The van der Waals surface area contributed by atoms with Crippen LogP contribution in [0.15, 0.2) is 24.3 Å². The van der Waals surface area contributed by atoms with E-state index in [1.54, 1.807) is 6.07 Å². The predicted octanol–water partition coefficient (Wildman–Crippen LogP) is 4.34. The van der Waals surface area contributed by atoms with Crippen molar-refractivity contribution in [2.75, 3.05) is 19.7 Å². The number of nitrogens with one attached hydrogen (secondary N) is 1. The molecule has 3 nitrogen and oxygen atoms in total. The summed E-state index contributed by atoms with van der Waals surface area (Å²) in [5.74, 6) is 2.22. The van der Waals surface area contributed by atoms with Gasteiger partial charge in [0.1, 0.15) is 18.1 Å². The number of ketones is 1. The summed E-state index contributed by atoms with van der Waals surface area (Å²) in [4.78, 5) is 12.6. The minimum atomic E-state index is -0.491. The van der Waals surface area contributed by atoms with Gasteiger partial charge in [-0.2, -0.15) is 0 Å². The van der Waals surface area contributed by atoms with Crippen molar-refractivity contribution in [3.05, 3.63) is 29.3 Å². The van der Waals surface area contributed by atoms with Gasteiger partial charge in [-0.15, -0.1) is 0 Å². The van der Waals surface area contributed by atoms with Gasteiger partial charge in [-0.05, 0) is 63.7 Å². The molecule has 0 bridgehead atoms. The van der Waals surface area contributed by atoms with Gasteiger partial charge in [-0.3, -0.25) is 4.79 Å². The molecule has 1 aromatic carbocycles. The molecule has 128 valence electrons. The predicted molar refractivity (Wildman–Crippen MR) is 95.1 cm³/mol. The topological polar surface area (TPSA) is 38.3 Å². The van der Waals surface area contributed by atoms with Crippen LogP contribution in [-0.2, 0) is 4.79 Å². The molecule has 1 aromatic rings. The Bertz CT molecular complexity index is 530. The Labute approximate surface area is 144 Å². The second-order valence-corrected chi connectivity index (χ2v) is 7.70. The lowest BCUT2D eigenvalue weighted by Gasteiger charge is -2.30.